The Kier molecular flexibility index (Phi) is 3.51. The molecule has 0 saturated carbocycles. The van der Waals surface area contributed by atoms with Gasteiger partial charge in [-0.3, -0.25) is 0 Å². The molecular formula is C10H13N5O2. The van der Waals surface area contributed by atoms with Crippen molar-refractivity contribution in [2.75, 3.05) is 25.1 Å². The number of aromatic amines is 1. The van der Waals surface area contributed by atoms with Gasteiger partial charge < -0.3 is 20.1 Å². The molecule has 2 aromatic rings. The number of nitrogens with zero attached hydrogens (tertiary/aromatic N) is 3. The highest BCUT2D eigenvalue weighted by Crippen LogP contribution is 2.20. The Balaban J connectivity index is 2.32. The lowest BCUT2D eigenvalue weighted by Crippen LogP contribution is -2.09. The molecule has 90 valence electrons. The van der Waals surface area contributed by atoms with Gasteiger partial charge in [0, 0.05) is 6.54 Å². The fourth-order valence-electron chi connectivity index (χ4n) is 1.30. The molecule has 2 aromatic heterocycles. The van der Waals surface area contributed by atoms with Crippen molar-refractivity contribution in [3.8, 4) is 5.88 Å². The number of fused-ring (bicyclic) bond motifs is 1. The number of aliphatic hydroxyl groups is 1. The molecule has 0 fully saturated rings. The summed E-state index contributed by atoms with van der Waals surface area (Å²) in [5.41, 5.74) is 1.15. The number of aliphatic hydroxyl groups excluding tert-OH is 1. The monoisotopic (exact) mass is 235 g/mol. The Labute approximate surface area is 97.6 Å². The van der Waals surface area contributed by atoms with E-state index in [1.54, 1.807) is 6.08 Å². The van der Waals surface area contributed by atoms with Gasteiger partial charge in [0.2, 0.25) is 11.8 Å². The second kappa shape index (κ2) is 5.26. The van der Waals surface area contributed by atoms with Gasteiger partial charge in [-0.05, 0) is 0 Å². The van der Waals surface area contributed by atoms with E-state index in [0.717, 1.165) is 0 Å². The van der Waals surface area contributed by atoms with E-state index >= 15 is 0 Å². The van der Waals surface area contributed by atoms with Gasteiger partial charge in [0.15, 0.2) is 5.65 Å². The van der Waals surface area contributed by atoms with Crippen molar-refractivity contribution in [1.29, 1.82) is 0 Å². The van der Waals surface area contributed by atoms with Crippen LogP contribution in [0.25, 0.3) is 11.2 Å². The zero-order valence-corrected chi connectivity index (χ0v) is 9.18. The van der Waals surface area contributed by atoms with Crippen LogP contribution >= 0.6 is 0 Å². The maximum absolute atomic E-state index is 8.73. The minimum absolute atomic E-state index is 0.00477. The van der Waals surface area contributed by atoms with Crippen LogP contribution in [0, 0.1) is 0 Å². The van der Waals surface area contributed by atoms with Gasteiger partial charge in [-0.1, -0.05) is 12.7 Å². The highest BCUT2D eigenvalue weighted by atomic mass is 16.5. The molecule has 0 aliphatic carbocycles. The van der Waals surface area contributed by atoms with E-state index < -0.39 is 0 Å². The summed E-state index contributed by atoms with van der Waals surface area (Å²) in [4.78, 5) is 15.3. The summed E-state index contributed by atoms with van der Waals surface area (Å²) >= 11 is 0. The first-order chi connectivity index (χ1) is 8.35. The second-order valence-corrected chi connectivity index (χ2v) is 3.20. The fraction of sp³-hybridized carbons (Fsp3) is 0.300. The number of H-pyrrole nitrogens is 1. The van der Waals surface area contributed by atoms with Crippen molar-refractivity contribution < 1.29 is 9.84 Å². The van der Waals surface area contributed by atoms with Crippen molar-refractivity contribution in [1.82, 2.24) is 19.9 Å². The van der Waals surface area contributed by atoms with E-state index in [2.05, 4.69) is 31.8 Å². The SMILES string of the molecule is C=CCOc1nc(NCCO)nc2nc[nH]c12. The van der Waals surface area contributed by atoms with Crippen LogP contribution in [-0.4, -0.2) is 44.8 Å². The van der Waals surface area contributed by atoms with Gasteiger partial charge in [0.05, 0.1) is 12.9 Å². The van der Waals surface area contributed by atoms with E-state index in [1.165, 1.54) is 6.33 Å². The topological polar surface area (TPSA) is 95.9 Å². The van der Waals surface area contributed by atoms with Crippen LogP contribution in [0.15, 0.2) is 19.0 Å². The summed E-state index contributed by atoms with van der Waals surface area (Å²) in [5.74, 6) is 0.783. The summed E-state index contributed by atoms with van der Waals surface area (Å²) in [5, 5.41) is 11.6. The molecule has 2 heterocycles. The zero-order chi connectivity index (χ0) is 12.1. The summed E-state index contributed by atoms with van der Waals surface area (Å²) in [7, 11) is 0. The first-order valence-corrected chi connectivity index (χ1v) is 5.14. The van der Waals surface area contributed by atoms with Gasteiger partial charge in [0.1, 0.15) is 12.1 Å². The standard InChI is InChI=1S/C10H13N5O2/c1-2-5-17-9-7-8(13-6-12-7)14-10(15-9)11-3-4-16/h2,6,16H,1,3-5H2,(H2,11,12,13,14,15). The lowest BCUT2D eigenvalue weighted by molar-refractivity contribution is 0.310. The molecule has 7 heteroatoms. The van der Waals surface area contributed by atoms with Crippen LogP contribution in [0.2, 0.25) is 0 Å². The van der Waals surface area contributed by atoms with Gasteiger partial charge >= 0.3 is 0 Å². The van der Waals surface area contributed by atoms with Crippen LogP contribution in [0.5, 0.6) is 5.88 Å². The molecule has 0 aliphatic rings. The molecule has 0 unspecified atom stereocenters. The molecule has 7 nitrogen and oxygen atoms in total. The third-order valence-corrected chi connectivity index (χ3v) is 1.99. The summed E-state index contributed by atoms with van der Waals surface area (Å²) < 4.78 is 5.40. The van der Waals surface area contributed by atoms with Crippen LogP contribution < -0.4 is 10.1 Å². The number of rotatable bonds is 6. The molecule has 0 radical (unpaired) electrons. The van der Waals surface area contributed by atoms with Crippen LogP contribution in [0.1, 0.15) is 0 Å². The maximum atomic E-state index is 8.73. The van der Waals surface area contributed by atoms with Crippen molar-refractivity contribution >= 4 is 17.1 Å². The molecule has 0 aromatic carbocycles. The van der Waals surface area contributed by atoms with Crippen molar-refractivity contribution in [3.05, 3.63) is 19.0 Å². The quantitative estimate of drug-likeness (QED) is 0.624. The van der Waals surface area contributed by atoms with Gasteiger partial charge in [-0.25, -0.2) is 4.98 Å². The van der Waals surface area contributed by atoms with E-state index in [9.17, 15) is 0 Å². The molecular weight excluding hydrogens is 222 g/mol. The summed E-state index contributed by atoms with van der Waals surface area (Å²) in [6, 6.07) is 0. The summed E-state index contributed by atoms with van der Waals surface area (Å²) in [6.07, 6.45) is 3.15. The van der Waals surface area contributed by atoms with E-state index in [4.69, 9.17) is 9.84 Å². The van der Waals surface area contributed by atoms with E-state index in [-0.39, 0.29) is 6.61 Å². The Morgan fingerprint density at radius 3 is 3.18 bits per heavy atom. The number of hydrogen-bond donors (Lipinski definition) is 3. The van der Waals surface area contributed by atoms with Crippen molar-refractivity contribution in [2.24, 2.45) is 0 Å². The number of nitrogens with one attached hydrogen (secondary N) is 2. The number of aromatic nitrogens is 4. The largest absolute Gasteiger partial charge is 0.472 e. The maximum Gasteiger partial charge on any atom is 0.245 e. The molecule has 0 saturated heterocycles. The van der Waals surface area contributed by atoms with Crippen LogP contribution in [0.3, 0.4) is 0 Å². The minimum atomic E-state index is 0.00477. The fourth-order valence-corrected chi connectivity index (χ4v) is 1.30. The highest BCUT2D eigenvalue weighted by molar-refractivity contribution is 5.76. The first-order valence-electron chi connectivity index (χ1n) is 5.14. The molecule has 0 aliphatic heterocycles. The Morgan fingerprint density at radius 1 is 1.53 bits per heavy atom. The molecule has 0 atom stereocenters. The minimum Gasteiger partial charge on any atom is -0.472 e. The molecule has 0 spiro atoms. The van der Waals surface area contributed by atoms with E-state index in [1.807, 2.05) is 0 Å². The predicted octanol–water partition coefficient (Wildman–Crippen LogP) is 0.322. The van der Waals surface area contributed by atoms with Gasteiger partial charge in [0.25, 0.3) is 0 Å². The molecule has 0 amide bonds. The van der Waals surface area contributed by atoms with Gasteiger partial charge in [-0.15, -0.1) is 0 Å². The Hall–Kier alpha value is -2.15. The Morgan fingerprint density at radius 2 is 2.41 bits per heavy atom. The van der Waals surface area contributed by atoms with Crippen molar-refractivity contribution in [3.63, 3.8) is 0 Å². The van der Waals surface area contributed by atoms with Crippen LogP contribution in [0.4, 0.5) is 5.95 Å². The smallest absolute Gasteiger partial charge is 0.245 e. The predicted molar refractivity (Wildman–Crippen MR) is 63.0 cm³/mol. The van der Waals surface area contributed by atoms with Crippen LogP contribution in [-0.2, 0) is 0 Å². The molecule has 3 N–H and O–H groups in total. The average Bonchev–Trinajstić information content (AvgIpc) is 2.81. The normalized spacial score (nSPS) is 10.4. The average molecular weight is 235 g/mol. The number of imidazole rings is 1. The zero-order valence-electron chi connectivity index (χ0n) is 9.18. The summed E-state index contributed by atoms with van der Waals surface area (Å²) in [6.45, 7) is 4.30. The number of anilines is 1. The molecule has 0 bridgehead atoms. The lowest BCUT2D eigenvalue weighted by Gasteiger charge is -2.06. The lowest BCUT2D eigenvalue weighted by atomic mass is 10.5. The highest BCUT2D eigenvalue weighted by Gasteiger charge is 2.10. The number of hydrogen-bond acceptors (Lipinski definition) is 6. The van der Waals surface area contributed by atoms with Gasteiger partial charge in [-0.2, -0.15) is 9.97 Å². The first kappa shape index (κ1) is 11.3. The van der Waals surface area contributed by atoms with E-state index in [0.29, 0.717) is 36.1 Å². The second-order valence-electron chi connectivity index (χ2n) is 3.20. The molecule has 17 heavy (non-hydrogen) atoms. The third kappa shape index (κ3) is 2.51. The van der Waals surface area contributed by atoms with Crippen molar-refractivity contribution in [2.45, 2.75) is 0 Å². The third-order valence-electron chi connectivity index (χ3n) is 1.99. The number of ether oxygens (including phenoxy) is 1. The molecule has 2 rings (SSSR count). The Bertz CT molecular complexity index is 510.